The van der Waals surface area contributed by atoms with Crippen LogP contribution in [0.1, 0.15) is 0 Å². The van der Waals surface area contributed by atoms with E-state index in [-0.39, 0.29) is 5.56 Å². The molecule has 126 valence electrons. The number of pyridine rings is 1. The molecule has 0 atom stereocenters. The number of ether oxygens (including phenoxy) is 1. The molecule has 3 aromatic heterocycles. The fraction of sp³-hybridized carbons (Fsp3) is 0.467. The summed E-state index contributed by atoms with van der Waals surface area (Å²) < 4.78 is 8.72. The molecule has 0 N–H and O–H groups in total. The van der Waals surface area contributed by atoms with Crippen LogP contribution in [0.5, 0.6) is 0 Å². The first-order valence-electron chi connectivity index (χ1n) is 7.85. The third-order valence-corrected chi connectivity index (χ3v) is 4.77. The van der Waals surface area contributed by atoms with Gasteiger partial charge in [0, 0.05) is 38.6 Å². The molecule has 1 saturated heterocycles. The molecule has 0 aromatic carbocycles. The van der Waals surface area contributed by atoms with E-state index in [1.807, 2.05) is 18.5 Å². The lowest BCUT2D eigenvalue weighted by Crippen LogP contribution is -2.39. The molecule has 0 spiro atoms. The molecule has 0 aliphatic carbocycles. The van der Waals surface area contributed by atoms with Crippen molar-refractivity contribution in [2.45, 2.75) is 11.7 Å². The first kappa shape index (κ1) is 15.6. The lowest BCUT2D eigenvalue weighted by atomic mass is 10.3. The van der Waals surface area contributed by atoms with Crippen molar-refractivity contribution in [3.8, 4) is 0 Å². The average Bonchev–Trinajstić information content (AvgIpc) is 3.06. The third kappa shape index (κ3) is 2.79. The summed E-state index contributed by atoms with van der Waals surface area (Å²) in [7, 11) is 0. The first-order valence-corrected chi connectivity index (χ1v) is 9.08. The van der Waals surface area contributed by atoms with Crippen LogP contribution in [0.25, 0.3) is 16.7 Å². The van der Waals surface area contributed by atoms with Crippen molar-refractivity contribution >= 4 is 28.4 Å². The summed E-state index contributed by atoms with van der Waals surface area (Å²) in [5.41, 5.74) is 0.691. The summed E-state index contributed by atoms with van der Waals surface area (Å²) >= 11 is 1.45. The van der Waals surface area contributed by atoms with Crippen molar-refractivity contribution in [2.24, 2.45) is 0 Å². The van der Waals surface area contributed by atoms with Crippen LogP contribution in [0.15, 0.2) is 28.4 Å². The van der Waals surface area contributed by atoms with Gasteiger partial charge in [0.15, 0.2) is 0 Å². The Labute approximate surface area is 142 Å². The number of hydrogen-bond acceptors (Lipinski definition) is 7. The van der Waals surface area contributed by atoms with E-state index >= 15 is 0 Å². The van der Waals surface area contributed by atoms with Gasteiger partial charge < -0.3 is 9.30 Å². The fourth-order valence-corrected chi connectivity index (χ4v) is 3.21. The Kier molecular flexibility index (Phi) is 4.21. The highest BCUT2D eigenvalue weighted by Crippen LogP contribution is 2.14. The van der Waals surface area contributed by atoms with Gasteiger partial charge in [-0.2, -0.15) is 9.50 Å². The Bertz CT molecular complexity index is 931. The molecule has 1 aliphatic rings. The Hall–Kier alpha value is -1.97. The zero-order valence-corrected chi connectivity index (χ0v) is 14.2. The molecule has 4 rings (SSSR count). The highest BCUT2D eigenvalue weighted by atomic mass is 32.2. The van der Waals surface area contributed by atoms with Crippen LogP contribution < -0.4 is 5.56 Å². The molecular weight excluding hydrogens is 328 g/mol. The van der Waals surface area contributed by atoms with Crippen LogP contribution in [0, 0.1) is 0 Å². The average molecular weight is 346 g/mol. The molecule has 3 aromatic rings. The van der Waals surface area contributed by atoms with Gasteiger partial charge in [-0.25, -0.2) is 4.98 Å². The minimum atomic E-state index is -0.0450. The highest BCUT2D eigenvalue weighted by Gasteiger charge is 2.13. The molecule has 1 aliphatic heterocycles. The second-order valence-corrected chi connectivity index (χ2v) is 6.41. The van der Waals surface area contributed by atoms with E-state index in [0.29, 0.717) is 22.9 Å². The fourth-order valence-electron chi connectivity index (χ4n) is 2.88. The SMILES string of the molecule is CSc1nc2ncc3c(=O)n(CCN4CCOCC4)ccc3n2n1. The molecule has 1 fully saturated rings. The van der Waals surface area contributed by atoms with E-state index in [9.17, 15) is 4.79 Å². The molecule has 24 heavy (non-hydrogen) atoms. The van der Waals surface area contributed by atoms with Gasteiger partial charge in [0.25, 0.3) is 11.3 Å². The molecule has 8 nitrogen and oxygen atoms in total. The third-order valence-electron chi connectivity index (χ3n) is 4.23. The first-order chi connectivity index (χ1) is 11.8. The zero-order chi connectivity index (χ0) is 16.5. The molecule has 9 heteroatoms. The number of aromatic nitrogens is 5. The van der Waals surface area contributed by atoms with Crippen molar-refractivity contribution in [3.63, 3.8) is 0 Å². The van der Waals surface area contributed by atoms with Gasteiger partial charge in [-0.15, -0.1) is 5.10 Å². The molecule has 0 radical (unpaired) electrons. The number of thioether (sulfide) groups is 1. The Balaban J connectivity index is 1.67. The van der Waals surface area contributed by atoms with Crippen molar-refractivity contribution in [2.75, 3.05) is 39.1 Å². The van der Waals surface area contributed by atoms with Crippen LogP contribution in [-0.2, 0) is 11.3 Å². The van der Waals surface area contributed by atoms with E-state index in [4.69, 9.17) is 4.74 Å². The lowest BCUT2D eigenvalue weighted by Gasteiger charge is -2.26. The van der Waals surface area contributed by atoms with Crippen molar-refractivity contribution in [3.05, 3.63) is 28.8 Å². The maximum atomic E-state index is 12.7. The molecule has 0 bridgehead atoms. The van der Waals surface area contributed by atoms with Crippen LogP contribution in [-0.4, -0.2) is 68.2 Å². The quantitative estimate of drug-likeness (QED) is 0.636. The normalized spacial score (nSPS) is 16.2. The van der Waals surface area contributed by atoms with Crippen LogP contribution in [0.4, 0.5) is 0 Å². The largest absolute Gasteiger partial charge is 0.379 e. The van der Waals surface area contributed by atoms with E-state index in [2.05, 4.69) is 20.0 Å². The van der Waals surface area contributed by atoms with Gasteiger partial charge in [0.05, 0.1) is 24.1 Å². The van der Waals surface area contributed by atoms with Gasteiger partial charge in [-0.05, 0) is 12.3 Å². The minimum Gasteiger partial charge on any atom is -0.379 e. The van der Waals surface area contributed by atoms with Crippen LogP contribution in [0.3, 0.4) is 0 Å². The Morgan fingerprint density at radius 2 is 2.12 bits per heavy atom. The van der Waals surface area contributed by atoms with E-state index in [1.54, 1.807) is 15.3 Å². The maximum absolute atomic E-state index is 12.7. The van der Waals surface area contributed by atoms with Crippen molar-refractivity contribution in [1.82, 2.24) is 29.0 Å². The highest BCUT2D eigenvalue weighted by molar-refractivity contribution is 7.98. The summed E-state index contributed by atoms with van der Waals surface area (Å²) in [6.07, 6.45) is 5.33. The molecular formula is C15H18N6O2S. The van der Waals surface area contributed by atoms with Gasteiger partial charge in [0.2, 0.25) is 5.16 Å². The lowest BCUT2D eigenvalue weighted by molar-refractivity contribution is 0.0363. The second-order valence-electron chi connectivity index (χ2n) is 5.64. The summed E-state index contributed by atoms with van der Waals surface area (Å²) in [5.74, 6) is 0.511. The number of fused-ring (bicyclic) bond motifs is 3. The molecule has 0 unspecified atom stereocenters. The zero-order valence-electron chi connectivity index (χ0n) is 13.4. The van der Waals surface area contributed by atoms with Gasteiger partial charge in [-0.1, -0.05) is 11.8 Å². The monoisotopic (exact) mass is 346 g/mol. The topological polar surface area (TPSA) is 77.5 Å². The standard InChI is InChI=1S/C15H18N6O2S/c1-24-15-17-14-16-10-11-12(21(14)18-15)2-3-20(13(11)22)5-4-19-6-8-23-9-7-19/h2-3,10H,4-9H2,1H3. The molecule has 4 heterocycles. The number of morpholine rings is 1. The smallest absolute Gasteiger partial charge is 0.261 e. The summed E-state index contributed by atoms with van der Waals surface area (Å²) in [5, 5.41) is 5.59. The number of hydrogen-bond donors (Lipinski definition) is 0. The summed E-state index contributed by atoms with van der Waals surface area (Å²) in [6, 6.07) is 1.91. The van der Waals surface area contributed by atoms with Gasteiger partial charge >= 0.3 is 0 Å². The molecule has 0 saturated carbocycles. The van der Waals surface area contributed by atoms with E-state index in [1.165, 1.54) is 11.8 Å². The Morgan fingerprint density at radius 3 is 2.92 bits per heavy atom. The van der Waals surface area contributed by atoms with Crippen molar-refractivity contribution < 1.29 is 4.74 Å². The van der Waals surface area contributed by atoms with Gasteiger partial charge in [-0.3, -0.25) is 9.69 Å². The number of nitrogens with zero attached hydrogens (tertiary/aromatic N) is 6. The Morgan fingerprint density at radius 1 is 1.29 bits per heavy atom. The van der Waals surface area contributed by atoms with E-state index in [0.717, 1.165) is 38.4 Å². The predicted octanol–water partition coefficient (Wildman–Crippen LogP) is 0.493. The second kappa shape index (κ2) is 6.50. The van der Waals surface area contributed by atoms with Crippen molar-refractivity contribution in [1.29, 1.82) is 0 Å². The summed E-state index contributed by atoms with van der Waals surface area (Å²) in [6.45, 7) is 4.85. The summed E-state index contributed by atoms with van der Waals surface area (Å²) in [4.78, 5) is 23.6. The maximum Gasteiger partial charge on any atom is 0.261 e. The van der Waals surface area contributed by atoms with Gasteiger partial charge in [0.1, 0.15) is 0 Å². The molecule has 0 amide bonds. The number of rotatable bonds is 4. The predicted molar refractivity (Wildman–Crippen MR) is 91.6 cm³/mol. The van der Waals surface area contributed by atoms with Crippen LogP contribution in [0.2, 0.25) is 0 Å². The van der Waals surface area contributed by atoms with Crippen LogP contribution >= 0.6 is 11.8 Å². The van der Waals surface area contributed by atoms with E-state index < -0.39 is 0 Å². The minimum absolute atomic E-state index is 0.0450.